The minimum atomic E-state index is -0.782. The molecule has 0 aliphatic heterocycles. The second kappa shape index (κ2) is 4.96. The van der Waals surface area contributed by atoms with Gasteiger partial charge in [0, 0.05) is 19.0 Å². The average Bonchev–Trinajstić information content (AvgIpc) is 2.43. The summed E-state index contributed by atoms with van der Waals surface area (Å²) in [6.07, 6.45) is -0.623. The van der Waals surface area contributed by atoms with E-state index in [2.05, 4.69) is 5.10 Å². The first-order valence-electron chi connectivity index (χ1n) is 5.01. The van der Waals surface area contributed by atoms with E-state index in [0.29, 0.717) is 18.0 Å². The van der Waals surface area contributed by atoms with Crippen LogP contribution in [0, 0.1) is 6.92 Å². The van der Waals surface area contributed by atoms with Crippen molar-refractivity contribution >= 4 is 11.6 Å². The molecule has 1 rings (SSSR count). The molecule has 1 heterocycles. The zero-order valence-corrected chi connectivity index (χ0v) is 9.99. The SMILES string of the molecule is CCC(O)C(O)Cc1c(C)nn(C)c1Cl. The smallest absolute Gasteiger partial charge is 0.130 e. The molecule has 0 bridgehead atoms. The molecule has 1 aromatic heterocycles. The second-order valence-electron chi connectivity index (χ2n) is 3.73. The van der Waals surface area contributed by atoms with Crippen LogP contribution in [-0.2, 0) is 13.5 Å². The number of aliphatic hydroxyl groups is 2. The van der Waals surface area contributed by atoms with Crippen molar-refractivity contribution in [2.45, 2.75) is 38.9 Å². The largest absolute Gasteiger partial charge is 0.390 e. The highest BCUT2D eigenvalue weighted by atomic mass is 35.5. The van der Waals surface area contributed by atoms with Gasteiger partial charge in [0.15, 0.2) is 0 Å². The van der Waals surface area contributed by atoms with E-state index < -0.39 is 12.2 Å². The van der Waals surface area contributed by atoms with E-state index in [-0.39, 0.29) is 0 Å². The molecule has 2 unspecified atom stereocenters. The highest BCUT2D eigenvalue weighted by molar-refractivity contribution is 6.30. The van der Waals surface area contributed by atoms with Crippen LogP contribution in [0.3, 0.4) is 0 Å². The summed E-state index contributed by atoms with van der Waals surface area (Å²) in [4.78, 5) is 0. The van der Waals surface area contributed by atoms with Gasteiger partial charge in [-0.2, -0.15) is 5.10 Å². The molecule has 0 aromatic carbocycles. The van der Waals surface area contributed by atoms with Crippen molar-refractivity contribution < 1.29 is 10.2 Å². The van der Waals surface area contributed by atoms with E-state index in [1.54, 1.807) is 11.7 Å². The lowest BCUT2D eigenvalue weighted by Crippen LogP contribution is -2.27. The summed E-state index contributed by atoms with van der Waals surface area (Å²) < 4.78 is 1.57. The number of halogens is 1. The van der Waals surface area contributed by atoms with Gasteiger partial charge in [0.05, 0.1) is 17.9 Å². The van der Waals surface area contributed by atoms with Gasteiger partial charge in [0.25, 0.3) is 0 Å². The summed E-state index contributed by atoms with van der Waals surface area (Å²) in [5.41, 5.74) is 1.60. The predicted molar refractivity (Wildman–Crippen MR) is 59.0 cm³/mol. The van der Waals surface area contributed by atoms with Gasteiger partial charge in [-0.1, -0.05) is 18.5 Å². The normalized spacial score (nSPS) is 15.3. The topological polar surface area (TPSA) is 58.3 Å². The standard InChI is InChI=1S/C10H17ClN2O2/c1-4-8(14)9(15)5-7-6(2)12-13(3)10(7)11/h8-9,14-15H,4-5H2,1-3H3. The Labute approximate surface area is 94.5 Å². The molecule has 2 N–H and O–H groups in total. The van der Waals surface area contributed by atoms with E-state index in [1.165, 1.54) is 0 Å². The Bertz CT molecular complexity index is 338. The summed E-state index contributed by atoms with van der Waals surface area (Å²) in [6.45, 7) is 3.66. The van der Waals surface area contributed by atoms with E-state index in [4.69, 9.17) is 11.6 Å². The van der Waals surface area contributed by atoms with E-state index in [0.717, 1.165) is 11.3 Å². The fourth-order valence-electron chi connectivity index (χ4n) is 1.52. The number of hydrogen-bond donors (Lipinski definition) is 2. The first-order chi connectivity index (χ1) is 6.97. The number of nitrogens with zero attached hydrogens (tertiary/aromatic N) is 2. The third-order valence-electron chi connectivity index (χ3n) is 2.55. The van der Waals surface area contributed by atoms with Crippen molar-refractivity contribution in [1.29, 1.82) is 0 Å². The quantitative estimate of drug-likeness (QED) is 0.816. The molecule has 0 radical (unpaired) electrons. The van der Waals surface area contributed by atoms with Crippen molar-refractivity contribution in [2.24, 2.45) is 7.05 Å². The maximum absolute atomic E-state index is 9.68. The second-order valence-corrected chi connectivity index (χ2v) is 4.08. The molecule has 0 amide bonds. The van der Waals surface area contributed by atoms with Crippen LogP contribution in [0.4, 0.5) is 0 Å². The lowest BCUT2D eigenvalue weighted by Gasteiger charge is -2.15. The molecule has 0 saturated heterocycles. The van der Waals surface area contributed by atoms with Gasteiger partial charge in [-0.05, 0) is 13.3 Å². The van der Waals surface area contributed by atoms with Crippen molar-refractivity contribution in [3.63, 3.8) is 0 Å². The lowest BCUT2D eigenvalue weighted by atomic mass is 10.0. The molecule has 0 spiro atoms. The van der Waals surface area contributed by atoms with Crippen molar-refractivity contribution in [2.75, 3.05) is 0 Å². The van der Waals surface area contributed by atoms with E-state index in [9.17, 15) is 10.2 Å². The number of aliphatic hydroxyl groups excluding tert-OH is 2. The van der Waals surface area contributed by atoms with Crippen LogP contribution in [-0.4, -0.2) is 32.2 Å². The van der Waals surface area contributed by atoms with Crippen LogP contribution in [0.5, 0.6) is 0 Å². The number of aryl methyl sites for hydroxylation is 2. The van der Waals surface area contributed by atoms with Gasteiger partial charge in [0.1, 0.15) is 5.15 Å². The summed E-state index contributed by atoms with van der Waals surface area (Å²) in [5, 5.41) is 23.8. The minimum Gasteiger partial charge on any atom is -0.390 e. The van der Waals surface area contributed by atoms with Crippen LogP contribution in [0.2, 0.25) is 5.15 Å². The molecule has 0 aliphatic rings. The fraction of sp³-hybridized carbons (Fsp3) is 0.700. The molecule has 1 aromatic rings. The Kier molecular flexibility index (Phi) is 4.13. The Balaban J connectivity index is 2.80. The van der Waals surface area contributed by atoms with Gasteiger partial charge >= 0.3 is 0 Å². The van der Waals surface area contributed by atoms with Gasteiger partial charge in [0.2, 0.25) is 0 Å². The summed E-state index contributed by atoms with van der Waals surface area (Å²) in [7, 11) is 1.75. The number of aromatic nitrogens is 2. The Morgan fingerprint density at radius 3 is 2.40 bits per heavy atom. The highest BCUT2D eigenvalue weighted by Crippen LogP contribution is 2.21. The lowest BCUT2D eigenvalue weighted by molar-refractivity contribution is 0.0181. The van der Waals surface area contributed by atoms with Crippen molar-refractivity contribution in [1.82, 2.24) is 9.78 Å². The number of hydrogen-bond acceptors (Lipinski definition) is 3. The van der Waals surface area contributed by atoms with E-state index in [1.807, 2.05) is 13.8 Å². The Hall–Kier alpha value is -0.580. The maximum atomic E-state index is 9.68. The molecule has 0 fully saturated rings. The third kappa shape index (κ3) is 2.71. The van der Waals surface area contributed by atoms with Crippen molar-refractivity contribution in [3.05, 3.63) is 16.4 Å². The maximum Gasteiger partial charge on any atom is 0.130 e. The van der Waals surface area contributed by atoms with Crippen LogP contribution >= 0.6 is 11.6 Å². The zero-order chi connectivity index (χ0) is 11.6. The molecule has 86 valence electrons. The summed E-state index contributed by atoms with van der Waals surface area (Å²) >= 11 is 6.01. The molecule has 5 heteroatoms. The molecule has 15 heavy (non-hydrogen) atoms. The molecular formula is C10H17ClN2O2. The van der Waals surface area contributed by atoms with Gasteiger partial charge in [-0.25, -0.2) is 0 Å². The monoisotopic (exact) mass is 232 g/mol. The van der Waals surface area contributed by atoms with Crippen LogP contribution < -0.4 is 0 Å². The van der Waals surface area contributed by atoms with Gasteiger partial charge in [-0.3, -0.25) is 4.68 Å². The first-order valence-corrected chi connectivity index (χ1v) is 5.39. The minimum absolute atomic E-state index is 0.341. The summed E-state index contributed by atoms with van der Waals surface area (Å²) in [6, 6.07) is 0. The molecule has 4 nitrogen and oxygen atoms in total. The van der Waals surface area contributed by atoms with E-state index >= 15 is 0 Å². The van der Waals surface area contributed by atoms with Gasteiger partial charge in [-0.15, -0.1) is 0 Å². The molecular weight excluding hydrogens is 216 g/mol. The highest BCUT2D eigenvalue weighted by Gasteiger charge is 2.19. The molecule has 2 atom stereocenters. The molecule has 0 aliphatic carbocycles. The summed E-state index contributed by atoms with van der Waals surface area (Å²) in [5.74, 6) is 0. The fourth-order valence-corrected chi connectivity index (χ4v) is 1.77. The average molecular weight is 233 g/mol. The van der Waals surface area contributed by atoms with Gasteiger partial charge < -0.3 is 10.2 Å². The van der Waals surface area contributed by atoms with Crippen LogP contribution in [0.25, 0.3) is 0 Å². The zero-order valence-electron chi connectivity index (χ0n) is 9.24. The Morgan fingerprint density at radius 1 is 1.40 bits per heavy atom. The number of rotatable bonds is 4. The Morgan fingerprint density at radius 2 is 2.00 bits per heavy atom. The van der Waals surface area contributed by atoms with Crippen molar-refractivity contribution in [3.8, 4) is 0 Å². The van der Waals surface area contributed by atoms with Crippen LogP contribution in [0.15, 0.2) is 0 Å². The molecule has 0 saturated carbocycles. The predicted octanol–water partition coefficient (Wildman–Crippen LogP) is 1.06. The van der Waals surface area contributed by atoms with Crippen LogP contribution in [0.1, 0.15) is 24.6 Å². The third-order valence-corrected chi connectivity index (χ3v) is 3.02. The first kappa shape index (κ1) is 12.5.